The first-order chi connectivity index (χ1) is 22.8. The van der Waals surface area contributed by atoms with Crippen LogP contribution in [-0.4, -0.2) is 104 Å². The third-order valence-corrected chi connectivity index (χ3v) is 9.54. The lowest BCUT2D eigenvalue weighted by Gasteiger charge is -2.42. The Morgan fingerprint density at radius 1 is 0.936 bits per heavy atom. The van der Waals surface area contributed by atoms with E-state index in [0.29, 0.717) is 76.6 Å². The first-order valence-corrected chi connectivity index (χ1v) is 16.8. The van der Waals surface area contributed by atoms with E-state index < -0.39 is 12.1 Å². The summed E-state index contributed by atoms with van der Waals surface area (Å²) in [5.74, 6) is -0.222. The molecule has 4 amide bonds. The average Bonchev–Trinajstić information content (AvgIpc) is 3.08. The molecule has 0 unspecified atom stereocenters. The van der Waals surface area contributed by atoms with Crippen molar-refractivity contribution in [2.75, 3.05) is 51.3 Å². The first kappa shape index (κ1) is 32.9. The molecule has 12 nitrogen and oxygen atoms in total. The molecular weight excluding hydrogens is 602 g/mol. The predicted molar refractivity (Wildman–Crippen MR) is 174 cm³/mol. The SMILES string of the molecule is CC(=O)Nc1ccc(CN2CCN3C(=O)c4ccccc4OCC[C@@H]4CC[C@@H](NC(=O)C5CCOCC5)[C@@H](CNC(=O)[C@@H]3C2)O4)cc1. The molecule has 0 aliphatic carbocycles. The molecule has 2 aromatic rings. The van der Waals surface area contributed by atoms with E-state index in [-0.39, 0.29) is 48.2 Å². The van der Waals surface area contributed by atoms with Crippen LogP contribution in [-0.2, 0) is 30.4 Å². The third-order valence-electron chi connectivity index (χ3n) is 9.54. The van der Waals surface area contributed by atoms with Crippen LogP contribution < -0.4 is 20.7 Å². The van der Waals surface area contributed by atoms with Crippen molar-refractivity contribution in [1.82, 2.24) is 20.4 Å². The van der Waals surface area contributed by atoms with Crippen molar-refractivity contribution in [3.05, 3.63) is 59.7 Å². The standard InChI is InChI=1S/C35H45N5O7/c1-23(41)37-26-8-6-24(7-9-26)21-39-15-16-40-30(22-39)34(43)36-20-32-29(38-33(42)25-12-17-45-18-13-25)11-10-27(47-32)14-19-46-31-5-3-2-4-28(31)35(40)44/h2-9,25,27,29-30,32H,10-22H2,1H3,(H,36,43)(H,37,41)(H,38,42)/t27-,29+,30-,32+/m0/s1. The Balaban J connectivity index is 1.20. The van der Waals surface area contributed by atoms with Crippen molar-refractivity contribution >= 4 is 29.3 Å². The molecule has 4 aliphatic rings. The zero-order valence-corrected chi connectivity index (χ0v) is 27.0. The summed E-state index contributed by atoms with van der Waals surface area (Å²) in [4.78, 5) is 56.4. The molecule has 2 bridgehead atoms. The molecule has 4 atom stereocenters. The number of carbonyl (C=O) groups is 4. The van der Waals surface area contributed by atoms with Gasteiger partial charge in [-0.15, -0.1) is 0 Å². The predicted octanol–water partition coefficient (Wildman–Crippen LogP) is 2.33. The molecule has 12 heteroatoms. The summed E-state index contributed by atoms with van der Waals surface area (Å²) in [5, 5.41) is 9.10. The minimum absolute atomic E-state index is 0.0100. The molecule has 3 saturated heterocycles. The van der Waals surface area contributed by atoms with Gasteiger partial charge in [0.2, 0.25) is 17.7 Å². The van der Waals surface area contributed by atoms with Crippen LogP contribution in [0.25, 0.3) is 0 Å². The van der Waals surface area contributed by atoms with Gasteiger partial charge in [0.15, 0.2) is 0 Å². The highest BCUT2D eigenvalue weighted by molar-refractivity contribution is 6.00. The Morgan fingerprint density at radius 2 is 1.72 bits per heavy atom. The molecule has 0 radical (unpaired) electrons. The van der Waals surface area contributed by atoms with Crippen molar-refractivity contribution in [2.24, 2.45) is 5.92 Å². The molecule has 6 rings (SSSR count). The highest BCUT2D eigenvalue weighted by Crippen LogP contribution is 2.27. The highest BCUT2D eigenvalue weighted by Gasteiger charge is 2.39. The molecule has 0 spiro atoms. The topological polar surface area (TPSA) is 139 Å². The van der Waals surface area contributed by atoms with Crippen LogP contribution in [0.1, 0.15) is 54.9 Å². The fourth-order valence-electron chi connectivity index (χ4n) is 6.94. The maximum atomic E-state index is 14.0. The second-order valence-electron chi connectivity index (χ2n) is 12.9. The van der Waals surface area contributed by atoms with Crippen LogP contribution in [0.2, 0.25) is 0 Å². The van der Waals surface area contributed by atoms with Gasteiger partial charge in [-0.2, -0.15) is 0 Å². The molecule has 4 heterocycles. The molecule has 47 heavy (non-hydrogen) atoms. The number of nitrogens with one attached hydrogen (secondary N) is 3. The van der Waals surface area contributed by atoms with E-state index in [1.807, 2.05) is 36.4 Å². The van der Waals surface area contributed by atoms with Gasteiger partial charge in [0.1, 0.15) is 11.8 Å². The summed E-state index contributed by atoms with van der Waals surface area (Å²) >= 11 is 0. The number of amides is 4. The summed E-state index contributed by atoms with van der Waals surface area (Å²) in [5.41, 5.74) is 2.18. The maximum absolute atomic E-state index is 14.0. The van der Waals surface area contributed by atoms with Crippen LogP contribution in [0.15, 0.2) is 48.5 Å². The number of benzene rings is 2. The van der Waals surface area contributed by atoms with Gasteiger partial charge < -0.3 is 35.1 Å². The fraction of sp³-hybridized carbons (Fsp3) is 0.543. The summed E-state index contributed by atoms with van der Waals surface area (Å²) < 4.78 is 18.1. The number of carbonyl (C=O) groups excluding carboxylic acids is 4. The second-order valence-corrected chi connectivity index (χ2v) is 12.9. The van der Waals surface area contributed by atoms with E-state index in [2.05, 4.69) is 20.9 Å². The van der Waals surface area contributed by atoms with Gasteiger partial charge in [0.25, 0.3) is 5.91 Å². The van der Waals surface area contributed by atoms with E-state index in [1.54, 1.807) is 17.0 Å². The number of rotatable bonds is 5. The minimum Gasteiger partial charge on any atom is -0.493 e. The smallest absolute Gasteiger partial charge is 0.258 e. The number of fused-ring (bicyclic) bond motifs is 4. The number of ether oxygens (including phenoxy) is 3. The van der Waals surface area contributed by atoms with Crippen LogP contribution in [0.3, 0.4) is 0 Å². The lowest BCUT2D eigenvalue weighted by molar-refractivity contribution is -0.134. The lowest BCUT2D eigenvalue weighted by atomic mass is 9.94. The zero-order chi connectivity index (χ0) is 32.8. The summed E-state index contributed by atoms with van der Waals surface area (Å²) in [6, 6.07) is 13.8. The van der Waals surface area contributed by atoms with Gasteiger partial charge in [-0.05, 0) is 55.5 Å². The fourth-order valence-corrected chi connectivity index (χ4v) is 6.94. The van der Waals surface area contributed by atoms with E-state index in [9.17, 15) is 19.2 Å². The quantitative estimate of drug-likeness (QED) is 0.450. The van der Waals surface area contributed by atoms with Crippen LogP contribution >= 0.6 is 0 Å². The number of hydrogen-bond donors (Lipinski definition) is 3. The van der Waals surface area contributed by atoms with Gasteiger partial charge in [0.05, 0.1) is 30.4 Å². The number of piperazine rings is 1. The van der Waals surface area contributed by atoms with E-state index in [1.165, 1.54) is 6.92 Å². The Labute approximate surface area is 275 Å². The van der Waals surface area contributed by atoms with Gasteiger partial charge >= 0.3 is 0 Å². The van der Waals surface area contributed by atoms with Crippen molar-refractivity contribution in [3.63, 3.8) is 0 Å². The van der Waals surface area contributed by atoms with E-state index in [0.717, 1.165) is 24.1 Å². The Hall–Kier alpha value is -4.00. The molecule has 252 valence electrons. The van der Waals surface area contributed by atoms with Gasteiger partial charge in [-0.1, -0.05) is 24.3 Å². The normalized spacial score (nSPS) is 26.1. The molecule has 3 N–H and O–H groups in total. The minimum atomic E-state index is -0.749. The molecule has 3 fully saturated rings. The first-order valence-electron chi connectivity index (χ1n) is 16.8. The van der Waals surface area contributed by atoms with Crippen LogP contribution in [0.4, 0.5) is 5.69 Å². The molecule has 2 aromatic carbocycles. The molecule has 0 saturated carbocycles. The van der Waals surface area contributed by atoms with Crippen molar-refractivity contribution in [1.29, 1.82) is 0 Å². The van der Waals surface area contributed by atoms with Crippen molar-refractivity contribution in [2.45, 2.75) is 69.9 Å². The Morgan fingerprint density at radius 3 is 2.51 bits per heavy atom. The molecule has 0 aromatic heterocycles. The van der Waals surface area contributed by atoms with Crippen LogP contribution in [0.5, 0.6) is 5.75 Å². The van der Waals surface area contributed by atoms with Gasteiger partial charge in [-0.25, -0.2) is 0 Å². The highest BCUT2D eigenvalue weighted by atomic mass is 16.5. The second kappa shape index (κ2) is 15.3. The summed E-state index contributed by atoms with van der Waals surface area (Å²) in [6.45, 7) is 5.10. The van der Waals surface area contributed by atoms with Gasteiger partial charge in [-0.3, -0.25) is 24.1 Å². The molecule has 4 aliphatic heterocycles. The number of anilines is 1. The number of hydrogen-bond acceptors (Lipinski definition) is 8. The zero-order valence-electron chi connectivity index (χ0n) is 27.0. The Bertz CT molecular complexity index is 1430. The lowest BCUT2D eigenvalue weighted by Crippen LogP contribution is -2.62. The van der Waals surface area contributed by atoms with Crippen LogP contribution in [0, 0.1) is 5.92 Å². The van der Waals surface area contributed by atoms with E-state index >= 15 is 0 Å². The molecular formula is C35H45N5O7. The van der Waals surface area contributed by atoms with Crippen molar-refractivity contribution < 1.29 is 33.4 Å². The van der Waals surface area contributed by atoms with Gasteiger partial charge in [0, 0.05) is 70.9 Å². The maximum Gasteiger partial charge on any atom is 0.258 e. The summed E-state index contributed by atoms with van der Waals surface area (Å²) in [7, 11) is 0. The number of nitrogens with zero attached hydrogens (tertiary/aromatic N) is 2. The Kier molecular flexibility index (Phi) is 10.7. The third kappa shape index (κ3) is 8.30. The number of para-hydroxylation sites is 1. The van der Waals surface area contributed by atoms with Crippen molar-refractivity contribution in [3.8, 4) is 5.75 Å². The summed E-state index contributed by atoms with van der Waals surface area (Å²) in [6.07, 6.45) is 3.00. The van der Waals surface area contributed by atoms with E-state index in [4.69, 9.17) is 14.2 Å². The average molecular weight is 648 g/mol. The monoisotopic (exact) mass is 647 g/mol. The largest absolute Gasteiger partial charge is 0.493 e.